The van der Waals surface area contributed by atoms with Crippen molar-refractivity contribution < 1.29 is 69.7 Å². The highest BCUT2D eigenvalue weighted by molar-refractivity contribution is 5.73. The van der Waals surface area contributed by atoms with Crippen LogP contribution in [0.15, 0.2) is 11.6 Å². The van der Waals surface area contributed by atoms with Crippen molar-refractivity contribution in [3.05, 3.63) is 11.6 Å². The van der Waals surface area contributed by atoms with Crippen molar-refractivity contribution in [2.75, 3.05) is 13.2 Å². The van der Waals surface area contributed by atoms with Crippen LogP contribution in [0.1, 0.15) is 106 Å². The van der Waals surface area contributed by atoms with Crippen molar-refractivity contribution >= 4 is 5.97 Å². The zero-order valence-corrected chi connectivity index (χ0v) is 34.1. The van der Waals surface area contributed by atoms with Crippen molar-refractivity contribution in [1.82, 2.24) is 0 Å². The van der Waals surface area contributed by atoms with Gasteiger partial charge in [0.05, 0.1) is 25.4 Å². The zero-order chi connectivity index (χ0) is 41.1. The quantitative estimate of drug-likeness (QED) is 0.132. The summed E-state index contributed by atoms with van der Waals surface area (Å²) >= 11 is 0. The summed E-state index contributed by atoms with van der Waals surface area (Å²) in [6.45, 7) is 15.4. The average Bonchev–Trinajstić information content (AvgIpc) is 3.12. The topological polar surface area (TPSA) is 236 Å². The molecular formula is C42H68O14. The number of fused-ring (bicyclic) bond motifs is 7. The van der Waals surface area contributed by atoms with Gasteiger partial charge in [-0.2, -0.15) is 0 Å². The van der Waals surface area contributed by atoms with Crippen molar-refractivity contribution in [2.24, 2.45) is 50.2 Å². The van der Waals surface area contributed by atoms with Crippen LogP contribution in [-0.4, -0.2) is 139 Å². The highest BCUT2D eigenvalue weighted by atomic mass is 16.7. The molecule has 5 aliphatic carbocycles. The number of carboxylic acid groups (broad SMARTS) is 1. The Bertz CT molecular complexity index is 1520. The van der Waals surface area contributed by atoms with Crippen molar-refractivity contribution in [3.8, 4) is 0 Å². The van der Waals surface area contributed by atoms with Crippen molar-refractivity contribution in [2.45, 2.75) is 180 Å². The summed E-state index contributed by atoms with van der Waals surface area (Å²) in [6.07, 6.45) is -8.30. The molecule has 2 heterocycles. The first-order valence-corrected chi connectivity index (χ1v) is 20.9. The van der Waals surface area contributed by atoms with Gasteiger partial charge in [0.25, 0.3) is 0 Å². The van der Waals surface area contributed by atoms with E-state index in [0.717, 1.165) is 44.9 Å². The summed E-state index contributed by atoms with van der Waals surface area (Å²) in [7, 11) is 0. The minimum Gasteiger partial charge on any atom is -0.479 e. The van der Waals surface area contributed by atoms with E-state index in [1.54, 1.807) is 0 Å². The lowest BCUT2D eigenvalue weighted by atomic mass is 9.33. The summed E-state index contributed by atoms with van der Waals surface area (Å²) in [4.78, 5) is 12.3. The standard InChI is InChI=1S/C42H68O14/c1-37(2)14-15-42(19-44)21(16-37)20-8-9-24-39(5)12-11-26(38(3,4)23(39)10-13-40(24,6)41(20,7)17-25(42)45)54-36-31(50)32(30(49)33(56-36)34(51)52)55-35-29(48)28(47)27(46)22(18-43)53-35/h8,21-33,35-36,43-50H,9-19H2,1-7H3,(H,51,52)/t21-,22+,23?,24+,25-,26-,27+,28-,29+,30-,31+,32-,33-,35-,36+,39-,40+,41+,42+/m0/s1. The van der Waals surface area contributed by atoms with E-state index in [0.29, 0.717) is 18.8 Å². The molecule has 14 heteroatoms. The lowest BCUT2D eigenvalue weighted by molar-refractivity contribution is -0.365. The number of aliphatic carboxylic acids is 1. The second-order valence-corrected chi connectivity index (χ2v) is 20.9. The van der Waals surface area contributed by atoms with E-state index in [1.807, 2.05) is 0 Å². The van der Waals surface area contributed by atoms with Crippen LogP contribution >= 0.6 is 0 Å². The second kappa shape index (κ2) is 14.4. The van der Waals surface area contributed by atoms with Gasteiger partial charge in [0.2, 0.25) is 0 Å². The predicted molar refractivity (Wildman–Crippen MR) is 199 cm³/mol. The summed E-state index contributed by atoms with van der Waals surface area (Å²) in [5.74, 6) is -0.932. The number of carboxylic acids is 1. The smallest absolute Gasteiger partial charge is 0.335 e. The van der Waals surface area contributed by atoms with Gasteiger partial charge >= 0.3 is 5.97 Å². The number of hydrogen-bond acceptors (Lipinski definition) is 13. The molecule has 56 heavy (non-hydrogen) atoms. The van der Waals surface area contributed by atoms with Crippen LogP contribution in [0.5, 0.6) is 0 Å². The monoisotopic (exact) mass is 796 g/mol. The Kier molecular flexibility index (Phi) is 11.0. The molecular weight excluding hydrogens is 728 g/mol. The van der Waals surface area contributed by atoms with E-state index in [4.69, 9.17) is 18.9 Å². The Labute approximate surface area is 330 Å². The number of aliphatic hydroxyl groups is 8. The number of hydrogen-bond donors (Lipinski definition) is 9. The molecule has 9 N–H and O–H groups in total. The van der Waals surface area contributed by atoms with Gasteiger partial charge in [-0.1, -0.05) is 60.1 Å². The number of allylic oxidation sites excluding steroid dienone is 2. The normalized spacial score (nSPS) is 53.8. The second-order valence-electron chi connectivity index (χ2n) is 20.9. The van der Waals surface area contributed by atoms with Crippen molar-refractivity contribution in [3.63, 3.8) is 0 Å². The van der Waals surface area contributed by atoms with Gasteiger partial charge in [0.15, 0.2) is 18.7 Å². The maximum Gasteiger partial charge on any atom is 0.335 e. The highest BCUT2D eigenvalue weighted by Gasteiger charge is 2.70. The van der Waals surface area contributed by atoms with E-state index in [2.05, 4.69) is 54.5 Å². The van der Waals surface area contributed by atoms with Crippen molar-refractivity contribution in [1.29, 1.82) is 0 Å². The first-order chi connectivity index (χ1) is 26.0. The van der Waals surface area contributed by atoms with Crippen LogP contribution in [0.25, 0.3) is 0 Å². The minimum atomic E-state index is -1.93. The molecule has 4 saturated carbocycles. The fraction of sp³-hybridized carbons (Fsp3) is 0.929. The first kappa shape index (κ1) is 42.8. The molecule has 0 aromatic rings. The molecule has 0 aromatic heterocycles. The van der Waals surface area contributed by atoms with Gasteiger partial charge in [-0.25, -0.2) is 4.79 Å². The molecule has 2 saturated heterocycles. The van der Waals surface area contributed by atoms with Gasteiger partial charge in [-0.05, 0) is 103 Å². The average molecular weight is 797 g/mol. The molecule has 1 unspecified atom stereocenters. The number of aliphatic hydroxyl groups excluding tert-OH is 8. The molecule has 2 aliphatic heterocycles. The van der Waals surface area contributed by atoms with E-state index in [1.165, 1.54) is 5.57 Å². The van der Waals surface area contributed by atoms with Crippen LogP contribution in [0.3, 0.4) is 0 Å². The number of ether oxygens (including phenoxy) is 4. The molecule has 0 radical (unpaired) electrons. The Hall–Kier alpha value is -1.27. The number of rotatable bonds is 7. The Morgan fingerprint density at radius 3 is 2.09 bits per heavy atom. The molecule has 7 rings (SSSR count). The lowest BCUT2D eigenvalue weighted by Crippen LogP contribution is -2.68. The maximum atomic E-state index is 12.3. The Morgan fingerprint density at radius 2 is 1.45 bits per heavy atom. The minimum absolute atomic E-state index is 0.00988. The molecule has 0 spiro atoms. The van der Waals surface area contributed by atoms with Gasteiger partial charge in [0.1, 0.15) is 42.7 Å². The van der Waals surface area contributed by atoms with Crippen LogP contribution < -0.4 is 0 Å². The molecule has 0 bridgehead atoms. The molecule has 0 amide bonds. The third kappa shape index (κ3) is 6.21. The van der Waals surface area contributed by atoms with Crippen LogP contribution in [-0.2, 0) is 23.7 Å². The van der Waals surface area contributed by atoms with Crippen LogP contribution in [0.4, 0.5) is 0 Å². The zero-order valence-electron chi connectivity index (χ0n) is 34.1. The largest absolute Gasteiger partial charge is 0.479 e. The molecule has 0 aromatic carbocycles. The molecule has 320 valence electrons. The highest BCUT2D eigenvalue weighted by Crippen LogP contribution is 2.76. The van der Waals surface area contributed by atoms with Gasteiger partial charge in [0, 0.05) is 5.41 Å². The summed E-state index contributed by atoms with van der Waals surface area (Å²) in [5, 5.41) is 96.3. The molecule has 7 aliphatic rings. The predicted octanol–water partition coefficient (Wildman–Crippen LogP) is 1.85. The van der Waals surface area contributed by atoms with Gasteiger partial charge in [-0.3, -0.25) is 0 Å². The summed E-state index contributed by atoms with van der Waals surface area (Å²) in [5.41, 5.74) is 0.0827. The van der Waals surface area contributed by atoms with Crippen LogP contribution in [0, 0.1) is 50.2 Å². The van der Waals surface area contributed by atoms with E-state index in [-0.39, 0.29) is 40.1 Å². The van der Waals surface area contributed by atoms with E-state index >= 15 is 0 Å². The summed E-state index contributed by atoms with van der Waals surface area (Å²) < 4.78 is 23.5. The molecule has 6 fully saturated rings. The SMILES string of the molecule is CC1(C)CC[C@]2(CO)[C@@H](O)C[C@]3(C)C(=CC[C@@H]4[C@@]5(C)CC[C@H](O[C@@H]6O[C@H](C(=O)O)[C@@H](O)[C@H](O[C@@H]7O[C@H](CO)[C@@H](O)[C@H](O)[C@H]7O)[C@H]6O)C(C)(C)C5CC[C@]43C)[C@@H]2C1. The fourth-order valence-electron chi connectivity index (χ4n) is 13.8. The van der Waals surface area contributed by atoms with Gasteiger partial charge in [-0.15, -0.1) is 0 Å². The van der Waals surface area contributed by atoms with E-state index < -0.39 is 97.0 Å². The molecule has 14 nitrogen and oxygen atoms in total. The molecule has 19 atom stereocenters. The van der Waals surface area contributed by atoms with Crippen LogP contribution in [0.2, 0.25) is 0 Å². The maximum absolute atomic E-state index is 12.3. The number of carbonyl (C=O) groups is 1. The third-order valence-corrected chi connectivity index (χ3v) is 17.3. The lowest BCUT2D eigenvalue weighted by Gasteiger charge is -2.72. The summed E-state index contributed by atoms with van der Waals surface area (Å²) in [6, 6.07) is 0. The first-order valence-electron chi connectivity index (χ1n) is 20.9. The Balaban J connectivity index is 1.13. The Morgan fingerprint density at radius 1 is 0.768 bits per heavy atom. The third-order valence-electron chi connectivity index (χ3n) is 17.3. The van der Waals surface area contributed by atoms with E-state index in [9.17, 15) is 50.8 Å². The fourth-order valence-corrected chi connectivity index (χ4v) is 13.8. The van der Waals surface area contributed by atoms with Gasteiger partial charge < -0.3 is 64.9 Å².